The number of rotatable bonds is 4. The van der Waals surface area contributed by atoms with Gasteiger partial charge in [0, 0.05) is 51.0 Å². The van der Waals surface area contributed by atoms with Crippen LogP contribution < -0.4 is 5.56 Å². The normalized spacial score (nSPS) is 10.9. The number of H-pyrrole nitrogens is 1. The molecule has 0 aliphatic heterocycles. The zero-order valence-corrected chi connectivity index (χ0v) is 26.8. The molecule has 0 unspecified atom stereocenters. The lowest BCUT2D eigenvalue weighted by Gasteiger charge is -2.15. The predicted molar refractivity (Wildman–Crippen MR) is 173 cm³/mol. The Labute approximate surface area is 283 Å². The number of aromatic amines is 1. The van der Waals surface area contributed by atoms with E-state index in [1.165, 1.54) is 0 Å². The van der Waals surface area contributed by atoms with Crippen LogP contribution in [0.4, 0.5) is 26.3 Å². The molecule has 0 aliphatic rings. The summed E-state index contributed by atoms with van der Waals surface area (Å²) in [5.74, 6) is -6.56. The van der Waals surface area contributed by atoms with Crippen molar-refractivity contribution >= 4 is 34.8 Å². The summed E-state index contributed by atoms with van der Waals surface area (Å²) >= 11 is 17.8. The molecule has 14 heteroatoms. The van der Waals surface area contributed by atoms with Gasteiger partial charge < -0.3 is 0 Å². The maximum Gasteiger partial charge on any atom is 0.272 e. The second-order valence-corrected chi connectivity index (χ2v) is 11.4. The summed E-state index contributed by atoms with van der Waals surface area (Å²) in [6.07, 6.45) is 0. The number of aromatic nitrogens is 4. The number of benzene rings is 4. The van der Waals surface area contributed by atoms with Gasteiger partial charge in [0.25, 0.3) is 5.56 Å². The van der Waals surface area contributed by atoms with Crippen LogP contribution in [0, 0.1) is 48.8 Å². The van der Waals surface area contributed by atoms with Gasteiger partial charge in [-0.1, -0.05) is 59.1 Å². The molecule has 0 radical (unpaired) electrons. The second-order valence-electron chi connectivity index (χ2n) is 10.2. The highest BCUT2D eigenvalue weighted by Crippen LogP contribution is 2.41. The lowest BCUT2D eigenvalue weighted by molar-refractivity contribution is 0.546. The molecular weight excluding hydrogens is 701 g/mol. The summed E-state index contributed by atoms with van der Waals surface area (Å²) < 4.78 is 83.3. The molecule has 0 saturated heterocycles. The smallest absolute Gasteiger partial charge is 0.267 e. The van der Waals surface area contributed by atoms with E-state index in [2.05, 4.69) is 20.4 Å². The molecule has 6 rings (SSSR count). The van der Waals surface area contributed by atoms with Gasteiger partial charge in [0.05, 0.1) is 28.1 Å². The average molecular weight is 720 g/mol. The van der Waals surface area contributed by atoms with Gasteiger partial charge in [0.15, 0.2) is 5.15 Å². The average Bonchev–Trinajstić information content (AvgIpc) is 3.01. The van der Waals surface area contributed by atoms with Crippen LogP contribution in [0.3, 0.4) is 0 Å². The molecule has 0 aliphatic carbocycles. The standard InChI is InChI=1S/C17H9Cl2F3N2.C17H10ClF3N2O/c1-8-14(9-2-4-10(18)5-3-9)16(17(19)24-23-8)15-12(21)6-11(20)7-13(15)22;1-8-14(9-2-4-10(18)5-3-9)16(17(24)23-22-8)15-12(20)6-11(19)7-13(15)21/h2-7H,1H3;2-7H,1H3,(H,23,24). The maximum atomic E-state index is 14.3. The number of nitrogens with one attached hydrogen (secondary N) is 1. The van der Waals surface area contributed by atoms with E-state index in [1.807, 2.05) is 0 Å². The van der Waals surface area contributed by atoms with E-state index in [0.29, 0.717) is 62.4 Å². The Morgan fingerprint density at radius 3 is 1.35 bits per heavy atom. The van der Waals surface area contributed by atoms with Crippen molar-refractivity contribution < 1.29 is 26.3 Å². The highest BCUT2D eigenvalue weighted by Gasteiger charge is 2.24. The first-order valence-electron chi connectivity index (χ1n) is 13.7. The molecule has 48 heavy (non-hydrogen) atoms. The predicted octanol–water partition coefficient (Wildman–Crippen LogP) is 10.3. The Balaban J connectivity index is 0.000000188. The van der Waals surface area contributed by atoms with Crippen molar-refractivity contribution in [1.82, 2.24) is 20.4 Å². The molecule has 1 N–H and O–H groups in total. The minimum Gasteiger partial charge on any atom is -0.267 e. The fourth-order valence-electron chi connectivity index (χ4n) is 5.01. The quantitative estimate of drug-likeness (QED) is 0.184. The Bertz CT molecular complexity index is 2180. The van der Waals surface area contributed by atoms with Crippen LogP contribution in [0.15, 0.2) is 77.6 Å². The highest BCUT2D eigenvalue weighted by molar-refractivity contribution is 6.33. The zero-order valence-electron chi connectivity index (χ0n) is 24.6. The van der Waals surface area contributed by atoms with Crippen LogP contribution in [0.25, 0.3) is 44.5 Å². The van der Waals surface area contributed by atoms with Crippen molar-refractivity contribution in [2.75, 3.05) is 0 Å². The van der Waals surface area contributed by atoms with Gasteiger partial charge in [-0.3, -0.25) is 4.79 Å². The highest BCUT2D eigenvalue weighted by atomic mass is 35.5. The number of hydrogen-bond acceptors (Lipinski definition) is 4. The summed E-state index contributed by atoms with van der Waals surface area (Å²) in [6, 6.07) is 15.2. The van der Waals surface area contributed by atoms with Crippen molar-refractivity contribution in [2.24, 2.45) is 0 Å². The van der Waals surface area contributed by atoms with Crippen LogP contribution >= 0.6 is 34.8 Å². The summed E-state index contributed by atoms with van der Waals surface area (Å²) in [5, 5.41) is 14.5. The van der Waals surface area contributed by atoms with E-state index in [0.717, 1.165) is 0 Å². The maximum absolute atomic E-state index is 14.3. The first kappa shape index (κ1) is 34.6. The third-order valence-electron chi connectivity index (χ3n) is 7.05. The third kappa shape index (κ3) is 7.08. The van der Waals surface area contributed by atoms with E-state index in [9.17, 15) is 31.1 Å². The molecule has 0 fully saturated rings. The molecular formula is C34H19Cl3F6N4O. The largest absolute Gasteiger partial charge is 0.272 e. The summed E-state index contributed by atoms with van der Waals surface area (Å²) in [7, 11) is 0. The molecule has 4 aromatic carbocycles. The van der Waals surface area contributed by atoms with E-state index >= 15 is 0 Å². The number of halogens is 9. The Hall–Kier alpha value is -4.71. The van der Waals surface area contributed by atoms with Crippen LogP contribution in [0.1, 0.15) is 11.4 Å². The lowest BCUT2D eigenvalue weighted by atomic mass is 9.94. The topological polar surface area (TPSA) is 71.5 Å². The molecule has 0 saturated carbocycles. The van der Waals surface area contributed by atoms with Crippen molar-refractivity contribution in [3.8, 4) is 44.5 Å². The van der Waals surface area contributed by atoms with Crippen molar-refractivity contribution in [3.05, 3.63) is 145 Å². The molecule has 244 valence electrons. The van der Waals surface area contributed by atoms with Crippen LogP contribution in [0.2, 0.25) is 15.2 Å². The molecule has 2 aromatic heterocycles. The molecule has 0 spiro atoms. The number of hydrogen-bond donors (Lipinski definition) is 1. The van der Waals surface area contributed by atoms with Crippen LogP contribution in [-0.4, -0.2) is 20.4 Å². The van der Waals surface area contributed by atoms with E-state index in [-0.39, 0.29) is 21.8 Å². The van der Waals surface area contributed by atoms with Gasteiger partial charge >= 0.3 is 0 Å². The van der Waals surface area contributed by atoms with Gasteiger partial charge in [0.2, 0.25) is 0 Å². The first-order valence-corrected chi connectivity index (χ1v) is 14.8. The lowest BCUT2D eigenvalue weighted by Crippen LogP contribution is -2.16. The van der Waals surface area contributed by atoms with E-state index in [4.69, 9.17) is 34.8 Å². The molecule has 6 aromatic rings. The monoisotopic (exact) mass is 718 g/mol. The molecule has 2 heterocycles. The van der Waals surface area contributed by atoms with Crippen LogP contribution in [-0.2, 0) is 0 Å². The minimum absolute atomic E-state index is 0.0153. The van der Waals surface area contributed by atoms with Crippen LogP contribution in [0.5, 0.6) is 0 Å². The third-order valence-corrected chi connectivity index (χ3v) is 7.82. The van der Waals surface area contributed by atoms with Gasteiger partial charge in [0.1, 0.15) is 34.9 Å². The zero-order chi connectivity index (χ0) is 34.9. The van der Waals surface area contributed by atoms with Gasteiger partial charge in [-0.2, -0.15) is 10.2 Å². The number of aryl methyl sites for hydroxylation is 2. The summed E-state index contributed by atoms with van der Waals surface area (Å²) in [6.45, 7) is 3.22. The van der Waals surface area contributed by atoms with E-state index in [1.54, 1.807) is 62.4 Å². The van der Waals surface area contributed by atoms with Crippen molar-refractivity contribution in [3.63, 3.8) is 0 Å². The minimum atomic E-state index is -1.17. The van der Waals surface area contributed by atoms with Gasteiger partial charge in [-0.25, -0.2) is 31.4 Å². The Kier molecular flexibility index (Phi) is 10.2. The Morgan fingerprint density at radius 1 is 0.521 bits per heavy atom. The molecule has 5 nitrogen and oxygen atoms in total. The SMILES string of the molecule is Cc1n[nH]c(=O)c(-c2c(F)cc(F)cc2F)c1-c1ccc(Cl)cc1.Cc1nnc(Cl)c(-c2c(F)cc(F)cc2F)c1-c1ccc(Cl)cc1. The summed E-state index contributed by atoms with van der Waals surface area (Å²) in [5.41, 5.74) is 0.458. The van der Waals surface area contributed by atoms with Crippen molar-refractivity contribution in [1.29, 1.82) is 0 Å². The molecule has 0 atom stereocenters. The van der Waals surface area contributed by atoms with Gasteiger partial charge in [-0.15, -0.1) is 5.10 Å². The van der Waals surface area contributed by atoms with E-state index < -0.39 is 51.6 Å². The van der Waals surface area contributed by atoms with Crippen molar-refractivity contribution in [2.45, 2.75) is 13.8 Å². The van der Waals surface area contributed by atoms with Gasteiger partial charge in [-0.05, 0) is 49.2 Å². The second kappa shape index (κ2) is 14.2. The first-order chi connectivity index (χ1) is 22.8. The Morgan fingerprint density at radius 2 is 0.917 bits per heavy atom. The fraction of sp³-hybridized carbons (Fsp3) is 0.0588. The molecule has 0 bridgehead atoms. The summed E-state index contributed by atoms with van der Waals surface area (Å²) in [4.78, 5) is 12.3. The fourth-order valence-corrected chi connectivity index (χ4v) is 5.49. The number of nitrogens with zero attached hydrogens (tertiary/aromatic N) is 3. The molecule has 0 amide bonds.